The first kappa shape index (κ1) is 13.7. The van der Waals surface area contributed by atoms with Crippen molar-refractivity contribution >= 4 is 0 Å². The SMILES string of the molecule is COc1ccc(CC(C)N)c(OCC(F)F)c1. The average molecular weight is 245 g/mol. The zero-order valence-corrected chi connectivity index (χ0v) is 9.95. The van der Waals surface area contributed by atoms with E-state index in [1.807, 2.05) is 6.92 Å². The highest BCUT2D eigenvalue weighted by Crippen LogP contribution is 2.26. The normalized spacial score (nSPS) is 12.6. The molecule has 0 saturated heterocycles. The molecule has 96 valence electrons. The molecule has 0 aliphatic carbocycles. The van der Waals surface area contributed by atoms with Gasteiger partial charge < -0.3 is 15.2 Å². The summed E-state index contributed by atoms with van der Waals surface area (Å²) in [7, 11) is 1.51. The molecule has 0 heterocycles. The highest BCUT2D eigenvalue weighted by molar-refractivity contribution is 5.41. The molecule has 0 radical (unpaired) electrons. The number of ether oxygens (including phenoxy) is 2. The van der Waals surface area contributed by atoms with Crippen LogP contribution in [0.25, 0.3) is 0 Å². The van der Waals surface area contributed by atoms with E-state index in [1.54, 1.807) is 18.2 Å². The number of hydrogen-bond acceptors (Lipinski definition) is 3. The summed E-state index contributed by atoms with van der Waals surface area (Å²) in [6.07, 6.45) is -1.92. The van der Waals surface area contributed by atoms with Crippen LogP contribution in [-0.4, -0.2) is 26.2 Å². The minimum absolute atomic E-state index is 0.0581. The van der Waals surface area contributed by atoms with Crippen LogP contribution in [0.3, 0.4) is 0 Å². The molecule has 1 aromatic rings. The summed E-state index contributed by atoms with van der Waals surface area (Å²) in [6, 6.07) is 5.08. The van der Waals surface area contributed by atoms with Gasteiger partial charge in [-0.25, -0.2) is 8.78 Å². The average Bonchev–Trinajstić information content (AvgIpc) is 2.27. The standard InChI is InChI=1S/C12H17F2NO2/c1-8(15)5-9-3-4-10(16-2)6-11(9)17-7-12(13)14/h3-4,6,8,12H,5,7,15H2,1-2H3. The molecule has 0 bridgehead atoms. The molecule has 0 aliphatic rings. The molecule has 1 rings (SSSR count). The summed E-state index contributed by atoms with van der Waals surface area (Å²) < 4.78 is 34.3. The quantitative estimate of drug-likeness (QED) is 0.835. The van der Waals surface area contributed by atoms with E-state index in [4.69, 9.17) is 15.2 Å². The fourth-order valence-electron chi connectivity index (χ4n) is 1.46. The first-order chi connectivity index (χ1) is 8.02. The van der Waals surface area contributed by atoms with E-state index >= 15 is 0 Å². The fourth-order valence-corrected chi connectivity index (χ4v) is 1.46. The molecular weight excluding hydrogens is 228 g/mol. The predicted octanol–water partition coefficient (Wildman–Crippen LogP) is 2.23. The Morgan fingerprint density at radius 3 is 2.59 bits per heavy atom. The van der Waals surface area contributed by atoms with Crippen LogP contribution in [-0.2, 0) is 6.42 Å². The van der Waals surface area contributed by atoms with E-state index < -0.39 is 13.0 Å². The van der Waals surface area contributed by atoms with Crippen LogP contribution in [0, 0.1) is 0 Å². The molecule has 1 unspecified atom stereocenters. The number of methoxy groups -OCH3 is 1. The first-order valence-corrected chi connectivity index (χ1v) is 5.36. The molecule has 2 N–H and O–H groups in total. The lowest BCUT2D eigenvalue weighted by Gasteiger charge is -2.14. The molecular formula is C12H17F2NO2. The Morgan fingerprint density at radius 2 is 2.06 bits per heavy atom. The monoisotopic (exact) mass is 245 g/mol. The van der Waals surface area contributed by atoms with Gasteiger partial charge in [0.1, 0.15) is 18.1 Å². The third-order valence-corrected chi connectivity index (χ3v) is 2.18. The largest absolute Gasteiger partial charge is 0.497 e. The summed E-state index contributed by atoms with van der Waals surface area (Å²) in [5.74, 6) is 0.977. The minimum Gasteiger partial charge on any atom is -0.497 e. The maximum atomic E-state index is 12.1. The van der Waals surface area contributed by atoms with Crippen LogP contribution in [0.4, 0.5) is 8.78 Å². The molecule has 0 amide bonds. The Labute approximate surface area is 99.5 Å². The number of nitrogens with two attached hydrogens (primary N) is 1. The zero-order chi connectivity index (χ0) is 12.8. The van der Waals surface area contributed by atoms with Gasteiger partial charge in [0.2, 0.25) is 0 Å². The van der Waals surface area contributed by atoms with Crippen molar-refractivity contribution in [3.8, 4) is 11.5 Å². The first-order valence-electron chi connectivity index (χ1n) is 5.36. The maximum absolute atomic E-state index is 12.1. The summed E-state index contributed by atoms with van der Waals surface area (Å²) >= 11 is 0. The second-order valence-electron chi connectivity index (χ2n) is 3.86. The third kappa shape index (κ3) is 4.56. The molecule has 0 aliphatic heterocycles. The van der Waals surface area contributed by atoms with Crippen LogP contribution in [0.15, 0.2) is 18.2 Å². The zero-order valence-electron chi connectivity index (χ0n) is 9.95. The summed E-state index contributed by atoms with van der Waals surface area (Å²) in [5, 5.41) is 0. The van der Waals surface area contributed by atoms with E-state index in [-0.39, 0.29) is 6.04 Å². The summed E-state index contributed by atoms with van der Waals surface area (Å²) in [4.78, 5) is 0. The Hall–Kier alpha value is -1.36. The number of rotatable bonds is 6. The van der Waals surface area contributed by atoms with Gasteiger partial charge in [0.15, 0.2) is 0 Å². The van der Waals surface area contributed by atoms with Gasteiger partial charge in [-0.2, -0.15) is 0 Å². The Bertz CT molecular complexity index is 356. The lowest BCUT2D eigenvalue weighted by atomic mass is 10.1. The van der Waals surface area contributed by atoms with Gasteiger partial charge >= 0.3 is 0 Å². The van der Waals surface area contributed by atoms with Gasteiger partial charge in [0.25, 0.3) is 6.43 Å². The third-order valence-electron chi connectivity index (χ3n) is 2.18. The molecule has 0 aromatic heterocycles. The van der Waals surface area contributed by atoms with Crippen molar-refractivity contribution in [3.05, 3.63) is 23.8 Å². The van der Waals surface area contributed by atoms with Crippen molar-refractivity contribution in [2.75, 3.05) is 13.7 Å². The van der Waals surface area contributed by atoms with E-state index in [1.165, 1.54) is 7.11 Å². The van der Waals surface area contributed by atoms with Crippen molar-refractivity contribution in [1.82, 2.24) is 0 Å². The lowest BCUT2D eigenvalue weighted by Crippen LogP contribution is -2.19. The topological polar surface area (TPSA) is 44.5 Å². The Morgan fingerprint density at radius 1 is 1.35 bits per heavy atom. The molecule has 0 saturated carbocycles. The molecule has 0 fully saturated rings. The number of hydrogen-bond donors (Lipinski definition) is 1. The van der Waals surface area contributed by atoms with Gasteiger partial charge in [-0.15, -0.1) is 0 Å². The molecule has 17 heavy (non-hydrogen) atoms. The molecule has 1 aromatic carbocycles. The van der Waals surface area contributed by atoms with Gasteiger partial charge in [0, 0.05) is 12.1 Å². The van der Waals surface area contributed by atoms with E-state index in [9.17, 15) is 8.78 Å². The Balaban J connectivity index is 2.86. The molecule has 0 spiro atoms. The predicted molar refractivity (Wildman–Crippen MR) is 61.8 cm³/mol. The highest BCUT2D eigenvalue weighted by Gasteiger charge is 2.10. The minimum atomic E-state index is -2.50. The smallest absolute Gasteiger partial charge is 0.272 e. The van der Waals surface area contributed by atoms with E-state index in [2.05, 4.69) is 0 Å². The number of benzene rings is 1. The van der Waals surface area contributed by atoms with Crippen molar-refractivity contribution in [1.29, 1.82) is 0 Å². The van der Waals surface area contributed by atoms with E-state index in [0.717, 1.165) is 5.56 Å². The number of alkyl halides is 2. The Kier molecular flexibility index (Phi) is 5.15. The van der Waals surface area contributed by atoms with Crippen LogP contribution in [0.5, 0.6) is 11.5 Å². The summed E-state index contributed by atoms with van der Waals surface area (Å²) in [5.41, 5.74) is 6.49. The highest BCUT2D eigenvalue weighted by atomic mass is 19.3. The number of halogens is 2. The lowest BCUT2D eigenvalue weighted by molar-refractivity contribution is 0.0812. The van der Waals surface area contributed by atoms with Crippen molar-refractivity contribution in [2.24, 2.45) is 5.73 Å². The van der Waals surface area contributed by atoms with Crippen LogP contribution in [0.2, 0.25) is 0 Å². The van der Waals surface area contributed by atoms with Crippen molar-refractivity contribution in [3.63, 3.8) is 0 Å². The van der Waals surface area contributed by atoms with Crippen LogP contribution >= 0.6 is 0 Å². The van der Waals surface area contributed by atoms with Crippen LogP contribution in [0.1, 0.15) is 12.5 Å². The van der Waals surface area contributed by atoms with Gasteiger partial charge in [0.05, 0.1) is 7.11 Å². The molecule has 3 nitrogen and oxygen atoms in total. The molecule has 5 heteroatoms. The maximum Gasteiger partial charge on any atom is 0.272 e. The summed E-state index contributed by atoms with van der Waals surface area (Å²) in [6.45, 7) is 1.22. The van der Waals surface area contributed by atoms with Crippen molar-refractivity contribution < 1.29 is 18.3 Å². The van der Waals surface area contributed by atoms with Crippen LogP contribution < -0.4 is 15.2 Å². The van der Waals surface area contributed by atoms with Gasteiger partial charge in [-0.1, -0.05) is 6.07 Å². The van der Waals surface area contributed by atoms with Gasteiger partial charge in [-0.05, 0) is 25.0 Å². The van der Waals surface area contributed by atoms with Gasteiger partial charge in [-0.3, -0.25) is 0 Å². The second kappa shape index (κ2) is 6.39. The molecule has 1 atom stereocenters. The second-order valence-corrected chi connectivity index (χ2v) is 3.86. The van der Waals surface area contributed by atoms with E-state index in [0.29, 0.717) is 17.9 Å². The fraction of sp³-hybridized carbons (Fsp3) is 0.500. The van der Waals surface area contributed by atoms with Crippen molar-refractivity contribution in [2.45, 2.75) is 25.8 Å².